The van der Waals surface area contributed by atoms with Gasteiger partial charge in [-0.05, 0) is 31.5 Å². The fourth-order valence-corrected chi connectivity index (χ4v) is 2.08. The normalized spacial score (nSPS) is 14.8. The van der Waals surface area contributed by atoms with Gasteiger partial charge in [0.2, 0.25) is 5.91 Å². The van der Waals surface area contributed by atoms with Gasteiger partial charge in [-0.25, -0.2) is 0 Å². The van der Waals surface area contributed by atoms with Crippen molar-refractivity contribution in [3.8, 4) is 0 Å². The fourth-order valence-electron chi connectivity index (χ4n) is 2.08. The molecule has 2 N–H and O–H groups in total. The summed E-state index contributed by atoms with van der Waals surface area (Å²) < 4.78 is 0. The molecule has 1 aromatic carbocycles. The second kappa shape index (κ2) is 5.79. The van der Waals surface area contributed by atoms with Crippen molar-refractivity contribution < 1.29 is 9.72 Å². The minimum absolute atomic E-state index is 0.0608. The quantitative estimate of drug-likeness (QED) is 0.625. The Labute approximate surface area is 111 Å². The SMILES string of the molecule is CCc1ccc(NC(=O)CC2CNC2)cc1[N+](=O)[O-]. The standard InChI is InChI=1S/C13H17N3O3/c1-2-10-3-4-11(6-12(10)16(18)19)15-13(17)5-9-7-14-8-9/h3-4,6,9,14H,2,5,7-8H2,1H3,(H,15,17). The first-order chi connectivity index (χ1) is 9.10. The van der Waals surface area contributed by atoms with Gasteiger partial charge in [0.15, 0.2) is 0 Å². The van der Waals surface area contributed by atoms with Gasteiger partial charge in [0.25, 0.3) is 5.69 Å². The van der Waals surface area contributed by atoms with Crippen molar-refractivity contribution in [3.63, 3.8) is 0 Å². The highest BCUT2D eigenvalue weighted by Crippen LogP contribution is 2.24. The molecule has 1 aliphatic heterocycles. The molecule has 1 amide bonds. The lowest BCUT2D eigenvalue weighted by Crippen LogP contribution is -2.43. The Bertz CT molecular complexity index is 498. The van der Waals surface area contributed by atoms with Crippen LogP contribution in [0, 0.1) is 16.0 Å². The Morgan fingerprint density at radius 1 is 1.53 bits per heavy atom. The van der Waals surface area contributed by atoms with Crippen molar-refractivity contribution in [2.75, 3.05) is 18.4 Å². The molecule has 102 valence electrons. The van der Waals surface area contributed by atoms with Crippen LogP contribution in [0.25, 0.3) is 0 Å². The summed E-state index contributed by atoms with van der Waals surface area (Å²) in [6, 6.07) is 4.83. The number of benzene rings is 1. The molecule has 0 aliphatic carbocycles. The zero-order valence-electron chi connectivity index (χ0n) is 10.8. The summed E-state index contributed by atoms with van der Waals surface area (Å²) in [5.41, 5.74) is 1.22. The maximum absolute atomic E-state index is 11.7. The number of nitro benzene ring substituents is 1. The highest BCUT2D eigenvalue weighted by Gasteiger charge is 2.20. The predicted octanol–water partition coefficient (Wildman–Crippen LogP) is 1.71. The maximum Gasteiger partial charge on any atom is 0.274 e. The smallest absolute Gasteiger partial charge is 0.274 e. The van der Waals surface area contributed by atoms with Crippen molar-refractivity contribution >= 4 is 17.3 Å². The summed E-state index contributed by atoms with van der Waals surface area (Å²) in [6.45, 7) is 3.59. The highest BCUT2D eigenvalue weighted by molar-refractivity contribution is 5.91. The van der Waals surface area contributed by atoms with Crippen LogP contribution in [-0.2, 0) is 11.2 Å². The van der Waals surface area contributed by atoms with Gasteiger partial charge in [0, 0.05) is 23.7 Å². The van der Waals surface area contributed by atoms with Crippen LogP contribution >= 0.6 is 0 Å². The second-order valence-electron chi connectivity index (χ2n) is 4.73. The Morgan fingerprint density at radius 2 is 2.26 bits per heavy atom. The molecule has 19 heavy (non-hydrogen) atoms. The van der Waals surface area contributed by atoms with Crippen molar-refractivity contribution in [2.24, 2.45) is 5.92 Å². The Hall–Kier alpha value is -1.95. The number of nitrogens with zero attached hydrogens (tertiary/aromatic N) is 1. The Balaban J connectivity index is 2.05. The summed E-state index contributed by atoms with van der Waals surface area (Å²) in [6.07, 6.45) is 1.05. The van der Waals surface area contributed by atoms with E-state index in [1.54, 1.807) is 12.1 Å². The number of carbonyl (C=O) groups is 1. The molecular formula is C13H17N3O3. The third kappa shape index (κ3) is 3.29. The molecule has 0 radical (unpaired) electrons. The molecule has 0 bridgehead atoms. The molecule has 1 aromatic rings. The van der Waals surface area contributed by atoms with Crippen LogP contribution in [0.3, 0.4) is 0 Å². The third-order valence-corrected chi connectivity index (χ3v) is 3.29. The van der Waals surface area contributed by atoms with Crippen LogP contribution in [-0.4, -0.2) is 23.9 Å². The molecule has 0 atom stereocenters. The van der Waals surface area contributed by atoms with Gasteiger partial charge in [0.05, 0.1) is 4.92 Å². The molecule has 1 fully saturated rings. The minimum atomic E-state index is -0.412. The monoisotopic (exact) mass is 263 g/mol. The van der Waals surface area contributed by atoms with Gasteiger partial charge >= 0.3 is 0 Å². The first-order valence-corrected chi connectivity index (χ1v) is 6.38. The second-order valence-corrected chi connectivity index (χ2v) is 4.73. The molecule has 0 unspecified atom stereocenters. The van der Waals surface area contributed by atoms with Crippen LogP contribution in [0.2, 0.25) is 0 Å². The van der Waals surface area contributed by atoms with Gasteiger partial charge in [-0.15, -0.1) is 0 Å². The molecular weight excluding hydrogens is 246 g/mol. The maximum atomic E-state index is 11.7. The molecule has 1 heterocycles. The molecule has 1 saturated heterocycles. The Morgan fingerprint density at radius 3 is 2.79 bits per heavy atom. The van der Waals surface area contributed by atoms with E-state index in [0.29, 0.717) is 30.0 Å². The molecule has 6 nitrogen and oxygen atoms in total. The van der Waals surface area contributed by atoms with E-state index in [0.717, 1.165) is 13.1 Å². The van der Waals surface area contributed by atoms with Crippen LogP contribution in [0.5, 0.6) is 0 Å². The third-order valence-electron chi connectivity index (χ3n) is 3.29. The van der Waals surface area contributed by atoms with E-state index in [2.05, 4.69) is 10.6 Å². The predicted molar refractivity (Wildman–Crippen MR) is 72.1 cm³/mol. The topological polar surface area (TPSA) is 84.3 Å². The summed E-state index contributed by atoms with van der Waals surface area (Å²) >= 11 is 0. The van der Waals surface area contributed by atoms with Crippen molar-refractivity contribution in [1.82, 2.24) is 5.32 Å². The number of hydrogen-bond acceptors (Lipinski definition) is 4. The number of hydrogen-bond donors (Lipinski definition) is 2. The summed E-state index contributed by atoms with van der Waals surface area (Å²) in [5.74, 6) is 0.287. The average Bonchev–Trinajstić information content (AvgIpc) is 2.33. The molecule has 0 aromatic heterocycles. The van der Waals surface area contributed by atoms with E-state index < -0.39 is 4.92 Å². The van der Waals surface area contributed by atoms with Crippen molar-refractivity contribution in [2.45, 2.75) is 19.8 Å². The lowest BCUT2D eigenvalue weighted by atomic mass is 9.99. The zero-order chi connectivity index (χ0) is 13.8. The van der Waals surface area contributed by atoms with Gasteiger partial charge in [0.1, 0.15) is 0 Å². The lowest BCUT2D eigenvalue weighted by Gasteiger charge is -2.26. The van der Waals surface area contributed by atoms with E-state index in [1.165, 1.54) is 6.07 Å². The molecule has 2 rings (SSSR count). The number of aryl methyl sites for hydroxylation is 1. The summed E-state index contributed by atoms with van der Waals surface area (Å²) in [5, 5.41) is 16.8. The number of carbonyl (C=O) groups excluding carboxylic acids is 1. The number of amides is 1. The number of anilines is 1. The van der Waals surface area contributed by atoms with Gasteiger partial charge in [-0.2, -0.15) is 0 Å². The van der Waals surface area contributed by atoms with E-state index in [9.17, 15) is 14.9 Å². The molecule has 6 heteroatoms. The Kier molecular flexibility index (Phi) is 4.11. The first-order valence-electron chi connectivity index (χ1n) is 6.38. The first kappa shape index (κ1) is 13.5. The van der Waals surface area contributed by atoms with Gasteiger partial charge < -0.3 is 10.6 Å². The van der Waals surface area contributed by atoms with Gasteiger partial charge in [-0.3, -0.25) is 14.9 Å². The molecule has 0 spiro atoms. The van der Waals surface area contributed by atoms with Gasteiger partial charge in [-0.1, -0.05) is 13.0 Å². The number of nitro groups is 1. The van der Waals surface area contributed by atoms with Crippen LogP contribution in [0.1, 0.15) is 18.9 Å². The zero-order valence-corrected chi connectivity index (χ0v) is 10.8. The van der Waals surface area contributed by atoms with Crippen molar-refractivity contribution in [3.05, 3.63) is 33.9 Å². The average molecular weight is 263 g/mol. The number of rotatable bonds is 5. The largest absolute Gasteiger partial charge is 0.326 e. The van der Waals surface area contributed by atoms with E-state index in [4.69, 9.17) is 0 Å². The number of nitrogens with one attached hydrogen (secondary N) is 2. The summed E-state index contributed by atoms with van der Waals surface area (Å²) in [7, 11) is 0. The molecule has 0 saturated carbocycles. The van der Waals surface area contributed by atoms with Crippen LogP contribution in [0.4, 0.5) is 11.4 Å². The lowest BCUT2D eigenvalue weighted by molar-refractivity contribution is -0.385. The molecule has 1 aliphatic rings. The van der Waals surface area contributed by atoms with Crippen LogP contribution in [0.15, 0.2) is 18.2 Å². The summed E-state index contributed by atoms with van der Waals surface area (Å²) in [4.78, 5) is 22.3. The van der Waals surface area contributed by atoms with E-state index >= 15 is 0 Å². The van der Waals surface area contributed by atoms with E-state index in [-0.39, 0.29) is 11.6 Å². The van der Waals surface area contributed by atoms with Crippen molar-refractivity contribution in [1.29, 1.82) is 0 Å². The highest BCUT2D eigenvalue weighted by atomic mass is 16.6. The fraction of sp³-hybridized carbons (Fsp3) is 0.462. The van der Waals surface area contributed by atoms with Crippen LogP contribution < -0.4 is 10.6 Å². The minimum Gasteiger partial charge on any atom is -0.326 e. The van der Waals surface area contributed by atoms with E-state index in [1.807, 2.05) is 6.92 Å².